The molecule has 0 bridgehead atoms. The van der Waals surface area contributed by atoms with E-state index in [1.165, 1.54) is 32.4 Å². The van der Waals surface area contributed by atoms with Crippen LogP contribution >= 0.6 is 0 Å². The minimum atomic E-state index is -0.219. The van der Waals surface area contributed by atoms with Crippen molar-refractivity contribution in [1.29, 1.82) is 0 Å². The van der Waals surface area contributed by atoms with E-state index in [0.717, 1.165) is 13.1 Å². The molecule has 1 saturated heterocycles. The van der Waals surface area contributed by atoms with E-state index in [1.807, 2.05) is 20.8 Å². The van der Waals surface area contributed by atoms with Crippen LogP contribution in [0.2, 0.25) is 0 Å². The fourth-order valence-electron chi connectivity index (χ4n) is 2.58. The first kappa shape index (κ1) is 15.0. The summed E-state index contributed by atoms with van der Waals surface area (Å²) in [5, 5.41) is 3.19. The molecule has 0 unspecified atom stereocenters. The van der Waals surface area contributed by atoms with Crippen molar-refractivity contribution < 1.29 is 0 Å². The summed E-state index contributed by atoms with van der Waals surface area (Å²) in [4.78, 5) is 18.9. The Morgan fingerprint density at radius 1 is 1.25 bits per heavy atom. The normalized spacial score (nSPS) is 17.1. The molecule has 1 aromatic heterocycles. The minimum absolute atomic E-state index is 0.0429. The second-order valence-electron chi connectivity index (χ2n) is 6.45. The van der Waals surface area contributed by atoms with Gasteiger partial charge in [-0.3, -0.25) is 4.79 Å². The van der Waals surface area contributed by atoms with Crippen LogP contribution in [-0.4, -0.2) is 40.6 Å². The van der Waals surface area contributed by atoms with E-state index in [4.69, 9.17) is 0 Å². The van der Waals surface area contributed by atoms with Crippen molar-refractivity contribution in [3.8, 4) is 0 Å². The third-order valence-electron chi connectivity index (χ3n) is 3.73. The van der Waals surface area contributed by atoms with Crippen LogP contribution in [0.1, 0.15) is 40.0 Å². The van der Waals surface area contributed by atoms with Crippen LogP contribution in [0.4, 0.5) is 5.82 Å². The summed E-state index contributed by atoms with van der Waals surface area (Å²) < 4.78 is 1.73. The van der Waals surface area contributed by atoms with Crippen LogP contribution < -0.4 is 10.9 Å². The Balaban J connectivity index is 1.94. The molecule has 1 aromatic rings. The number of nitrogens with zero attached hydrogens (tertiary/aromatic N) is 3. The van der Waals surface area contributed by atoms with E-state index in [9.17, 15) is 4.79 Å². The summed E-state index contributed by atoms with van der Waals surface area (Å²) in [6.45, 7) is 10.2. The predicted octanol–water partition coefficient (Wildman–Crippen LogP) is 1.90. The summed E-state index contributed by atoms with van der Waals surface area (Å²) >= 11 is 0. The summed E-state index contributed by atoms with van der Waals surface area (Å²) in [6.07, 6.45) is 7.37. The van der Waals surface area contributed by atoms with Gasteiger partial charge in [-0.25, -0.2) is 4.98 Å². The first-order valence-corrected chi connectivity index (χ1v) is 7.53. The molecule has 1 aliphatic rings. The minimum Gasteiger partial charge on any atom is -0.364 e. The molecule has 5 heteroatoms. The molecular weight excluding hydrogens is 252 g/mol. The fourth-order valence-corrected chi connectivity index (χ4v) is 2.58. The first-order chi connectivity index (χ1) is 9.48. The number of rotatable bonds is 4. The lowest BCUT2D eigenvalue weighted by Crippen LogP contribution is -2.37. The molecular formula is C15H26N4O. The average molecular weight is 278 g/mol. The molecule has 1 fully saturated rings. The van der Waals surface area contributed by atoms with Crippen molar-refractivity contribution in [3.05, 3.63) is 22.7 Å². The molecule has 0 aromatic carbocycles. The van der Waals surface area contributed by atoms with E-state index in [-0.39, 0.29) is 11.1 Å². The van der Waals surface area contributed by atoms with Crippen molar-refractivity contribution in [1.82, 2.24) is 14.5 Å². The van der Waals surface area contributed by atoms with Crippen molar-refractivity contribution in [2.75, 3.05) is 31.5 Å². The van der Waals surface area contributed by atoms with E-state index in [0.29, 0.717) is 5.82 Å². The summed E-state index contributed by atoms with van der Waals surface area (Å²) in [5.41, 5.74) is -0.262. The zero-order chi connectivity index (χ0) is 14.6. The van der Waals surface area contributed by atoms with Gasteiger partial charge in [0, 0.05) is 31.0 Å². The van der Waals surface area contributed by atoms with Crippen LogP contribution in [0.5, 0.6) is 0 Å². The highest BCUT2D eigenvalue weighted by atomic mass is 16.1. The van der Waals surface area contributed by atoms with Crippen LogP contribution in [0.3, 0.4) is 0 Å². The van der Waals surface area contributed by atoms with Gasteiger partial charge >= 0.3 is 0 Å². The highest BCUT2D eigenvalue weighted by Crippen LogP contribution is 2.11. The van der Waals surface area contributed by atoms with Gasteiger partial charge in [-0.1, -0.05) is 6.42 Å². The van der Waals surface area contributed by atoms with Gasteiger partial charge in [0.05, 0.1) is 0 Å². The van der Waals surface area contributed by atoms with E-state index in [1.54, 1.807) is 17.0 Å². The SMILES string of the molecule is CC(C)(C)n1ccnc(NCCN2CCCCC2)c1=O. The lowest BCUT2D eigenvalue weighted by molar-refractivity contribution is 0.237. The van der Waals surface area contributed by atoms with E-state index < -0.39 is 0 Å². The maximum Gasteiger partial charge on any atom is 0.293 e. The molecule has 1 aliphatic heterocycles. The Hall–Kier alpha value is -1.36. The van der Waals surface area contributed by atoms with Gasteiger partial charge in [0.25, 0.3) is 5.56 Å². The molecule has 2 heterocycles. The second-order valence-corrected chi connectivity index (χ2v) is 6.45. The molecule has 5 nitrogen and oxygen atoms in total. The zero-order valence-corrected chi connectivity index (χ0v) is 12.9. The Kier molecular flexibility index (Phi) is 4.81. The van der Waals surface area contributed by atoms with Crippen molar-refractivity contribution in [3.63, 3.8) is 0 Å². The fraction of sp³-hybridized carbons (Fsp3) is 0.733. The van der Waals surface area contributed by atoms with E-state index in [2.05, 4.69) is 15.2 Å². The van der Waals surface area contributed by atoms with Gasteiger partial charge < -0.3 is 14.8 Å². The molecule has 112 valence electrons. The van der Waals surface area contributed by atoms with Crippen LogP contribution in [0.15, 0.2) is 17.2 Å². The lowest BCUT2D eigenvalue weighted by atomic mass is 10.1. The van der Waals surface area contributed by atoms with Gasteiger partial charge in [-0.05, 0) is 46.7 Å². The molecule has 20 heavy (non-hydrogen) atoms. The smallest absolute Gasteiger partial charge is 0.293 e. The third kappa shape index (κ3) is 3.82. The van der Waals surface area contributed by atoms with Crippen LogP contribution in [0, 0.1) is 0 Å². The molecule has 2 rings (SSSR count). The second kappa shape index (κ2) is 6.39. The Labute approximate surface area is 121 Å². The van der Waals surface area contributed by atoms with Gasteiger partial charge in [0.15, 0.2) is 5.82 Å². The van der Waals surface area contributed by atoms with Gasteiger partial charge in [0.1, 0.15) is 0 Å². The maximum atomic E-state index is 12.3. The van der Waals surface area contributed by atoms with Crippen molar-refractivity contribution >= 4 is 5.82 Å². The number of piperidine rings is 1. The number of likely N-dealkylation sites (tertiary alicyclic amines) is 1. The standard InChI is InChI=1S/C15H26N4O/c1-15(2,3)19-12-8-17-13(14(19)20)16-7-11-18-9-5-4-6-10-18/h8,12H,4-7,9-11H2,1-3H3,(H,16,17). The lowest BCUT2D eigenvalue weighted by Gasteiger charge is -2.26. The molecule has 0 saturated carbocycles. The molecule has 1 N–H and O–H groups in total. The van der Waals surface area contributed by atoms with Gasteiger partial charge in [-0.15, -0.1) is 0 Å². The highest BCUT2D eigenvalue weighted by Gasteiger charge is 2.16. The van der Waals surface area contributed by atoms with Gasteiger partial charge in [0.2, 0.25) is 0 Å². The number of nitrogens with one attached hydrogen (secondary N) is 1. The molecule has 0 radical (unpaired) electrons. The average Bonchev–Trinajstić information content (AvgIpc) is 2.40. The van der Waals surface area contributed by atoms with Crippen LogP contribution in [0.25, 0.3) is 0 Å². The Bertz CT molecular complexity index is 483. The van der Waals surface area contributed by atoms with Crippen LogP contribution in [-0.2, 0) is 5.54 Å². The monoisotopic (exact) mass is 278 g/mol. The molecule has 0 aliphatic carbocycles. The maximum absolute atomic E-state index is 12.3. The summed E-state index contributed by atoms with van der Waals surface area (Å²) in [6, 6.07) is 0. The number of hydrogen-bond donors (Lipinski definition) is 1. The first-order valence-electron chi connectivity index (χ1n) is 7.53. The summed E-state index contributed by atoms with van der Waals surface area (Å²) in [5.74, 6) is 0.458. The summed E-state index contributed by atoms with van der Waals surface area (Å²) in [7, 11) is 0. The predicted molar refractivity (Wildman–Crippen MR) is 82.3 cm³/mol. The number of anilines is 1. The highest BCUT2D eigenvalue weighted by molar-refractivity contribution is 5.31. The third-order valence-corrected chi connectivity index (χ3v) is 3.73. The molecule has 0 spiro atoms. The van der Waals surface area contributed by atoms with Crippen molar-refractivity contribution in [2.45, 2.75) is 45.6 Å². The molecule has 0 amide bonds. The number of aromatic nitrogens is 2. The van der Waals surface area contributed by atoms with Gasteiger partial charge in [-0.2, -0.15) is 0 Å². The number of hydrogen-bond acceptors (Lipinski definition) is 4. The largest absolute Gasteiger partial charge is 0.364 e. The zero-order valence-electron chi connectivity index (χ0n) is 12.9. The Morgan fingerprint density at radius 2 is 1.95 bits per heavy atom. The van der Waals surface area contributed by atoms with Crippen molar-refractivity contribution in [2.24, 2.45) is 0 Å². The quantitative estimate of drug-likeness (QED) is 0.914. The molecule has 0 atom stereocenters. The Morgan fingerprint density at radius 3 is 2.60 bits per heavy atom. The van der Waals surface area contributed by atoms with E-state index >= 15 is 0 Å². The topological polar surface area (TPSA) is 50.2 Å².